The Labute approximate surface area is 102 Å². The largest absolute Gasteiger partial charge is 0.352 e. The highest BCUT2D eigenvalue weighted by atomic mass is 15.1. The van der Waals surface area contributed by atoms with Gasteiger partial charge in [0, 0.05) is 44.4 Å². The lowest BCUT2D eigenvalue weighted by Crippen LogP contribution is -2.16. The van der Waals surface area contributed by atoms with E-state index in [0.29, 0.717) is 0 Å². The van der Waals surface area contributed by atoms with Crippen LogP contribution in [-0.4, -0.2) is 14.1 Å². The van der Waals surface area contributed by atoms with Crippen LogP contribution in [0.3, 0.4) is 0 Å². The Hall–Kier alpha value is -1.55. The molecule has 2 rings (SSSR count). The molecule has 0 unspecified atom stereocenters. The van der Waals surface area contributed by atoms with Crippen LogP contribution in [0.4, 0.5) is 0 Å². The number of imidazole rings is 1. The Morgan fingerprint density at radius 1 is 1.24 bits per heavy atom. The van der Waals surface area contributed by atoms with Gasteiger partial charge in [0.05, 0.1) is 6.54 Å². The van der Waals surface area contributed by atoms with Gasteiger partial charge in [0.25, 0.3) is 0 Å². The second-order valence-electron chi connectivity index (χ2n) is 4.51. The Kier molecular flexibility index (Phi) is 3.33. The minimum absolute atomic E-state index is 0.802. The third kappa shape index (κ3) is 2.42. The highest BCUT2D eigenvalue weighted by Crippen LogP contribution is 2.12. The number of hydrogen-bond acceptors (Lipinski definition) is 2. The maximum atomic E-state index is 4.29. The molecule has 0 aromatic carbocycles. The number of aromatic nitrogens is 3. The van der Waals surface area contributed by atoms with E-state index in [1.54, 1.807) is 0 Å². The summed E-state index contributed by atoms with van der Waals surface area (Å²) in [5.74, 6) is 1.07. The zero-order valence-electron chi connectivity index (χ0n) is 11.0. The van der Waals surface area contributed by atoms with Crippen molar-refractivity contribution in [3.8, 4) is 0 Å². The van der Waals surface area contributed by atoms with Crippen LogP contribution in [0.15, 0.2) is 18.5 Å². The lowest BCUT2D eigenvalue weighted by atomic mass is 10.2. The Morgan fingerprint density at radius 3 is 2.53 bits per heavy atom. The molecule has 0 saturated heterocycles. The third-order valence-electron chi connectivity index (χ3n) is 3.40. The molecule has 0 aliphatic heterocycles. The van der Waals surface area contributed by atoms with Gasteiger partial charge in [0.15, 0.2) is 0 Å². The fraction of sp³-hybridized carbons (Fsp3) is 0.462. The Bertz CT molecular complexity index is 507. The molecule has 2 aromatic heterocycles. The van der Waals surface area contributed by atoms with Crippen molar-refractivity contribution in [1.82, 2.24) is 19.4 Å². The van der Waals surface area contributed by atoms with Crippen molar-refractivity contribution in [2.75, 3.05) is 0 Å². The van der Waals surface area contributed by atoms with Crippen molar-refractivity contribution >= 4 is 0 Å². The van der Waals surface area contributed by atoms with Crippen molar-refractivity contribution in [2.45, 2.75) is 26.9 Å². The average molecular weight is 232 g/mol. The van der Waals surface area contributed by atoms with E-state index in [1.807, 2.05) is 24.0 Å². The van der Waals surface area contributed by atoms with Gasteiger partial charge < -0.3 is 14.5 Å². The van der Waals surface area contributed by atoms with Gasteiger partial charge in [-0.3, -0.25) is 0 Å². The van der Waals surface area contributed by atoms with E-state index >= 15 is 0 Å². The van der Waals surface area contributed by atoms with Crippen LogP contribution in [0.1, 0.15) is 22.8 Å². The van der Waals surface area contributed by atoms with Crippen LogP contribution in [-0.2, 0) is 27.2 Å². The second-order valence-corrected chi connectivity index (χ2v) is 4.51. The van der Waals surface area contributed by atoms with Gasteiger partial charge >= 0.3 is 0 Å². The first kappa shape index (κ1) is 11.9. The molecule has 0 saturated carbocycles. The molecule has 0 radical (unpaired) electrons. The monoisotopic (exact) mass is 232 g/mol. The highest BCUT2D eigenvalue weighted by molar-refractivity contribution is 5.26. The molecule has 1 N–H and O–H groups in total. The summed E-state index contributed by atoms with van der Waals surface area (Å²) in [6.07, 6.45) is 3.80. The Morgan fingerprint density at radius 2 is 2.00 bits per heavy atom. The maximum Gasteiger partial charge on any atom is 0.122 e. The standard InChI is InChI=1S/C13H20N4/c1-10-7-12(11(2)17(10)4)8-14-9-13-15-5-6-16(13)3/h5-7,14H,8-9H2,1-4H3. The van der Waals surface area contributed by atoms with Crippen molar-refractivity contribution in [1.29, 1.82) is 0 Å². The number of nitrogens with zero attached hydrogens (tertiary/aromatic N) is 3. The molecule has 0 bridgehead atoms. The first-order chi connectivity index (χ1) is 8.09. The van der Waals surface area contributed by atoms with Crippen LogP contribution < -0.4 is 5.32 Å². The SMILES string of the molecule is Cc1cc(CNCc2nccn2C)c(C)n1C. The first-order valence-electron chi connectivity index (χ1n) is 5.88. The fourth-order valence-corrected chi connectivity index (χ4v) is 1.99. The summed E-state index contributed by atoms with van der Waals surface area (Å²) in [7, 11) is 4.12. The van der Waals surface area contributed by atoms with E-state index in [9.17, 15) is 0 Å². The summed E-state index contributed by atoms with van der Waals surface area (Å²) >= 11 is 0. The highest BCUT2D eigenvalue weighted by Gasteiger charge is 2.05. The predicted molar refractivity (Wildman–Crippen MR) is 68.6 cm³/mol. The fourth-order valence-electron chi connectivity index (χ4n) is 1.99. The maximum absolute atomic E-state index is 4.29. The third-order valence-corrected chi connectivity index (χ3v) is 3.40. The lowest BCUT2D eigenvalue weighted by Gasteiger charge is -2.05. The number of hydrogen-bond donors (Lipinski definition) is 1. The van der Waals surface area contributed by atoms with E-state index in [-0.39, 0.29) is 0 Å². The molecule has 2 heterocycles. The number of nitrogens with one attached hydrogen (secondary N) is 1. The van der Waals surface area contributed by atoms with Crippen molar-refractivity contribution in [2.24, 2.45) is 14.1 Å². The topological polar surface area (TPSA) is 34.8 Å². The van der Waals surface area contributed by atoms with Gasteiger partial charge in [-0.1, -0.05) is 0 Å². The van der Waals surface area contributed by atoms with E-state index in [1.165, 1.54) is 17.0 Å². The van der Waals surface area contributed by atoms with E-state index < -0.39 is 0 Å². The zero-order valence-corrected chi connectivity index (χ0v) is 11.0. The zero-order chi connectivity index (χ0) is 12.4. The van der Waals surface area contributed by atoms with Gasteiger partial charge in [0.1, 0.15) is 5.82 Å². The molecule has 0 aliphatic carbocycles. The molecule has 0 fully saturated rings. The van der Waals surface area contributed by atoms with Gasteiger partial charge in [-0.2, -0.15) is 0 Å². The van der Waals surface area contributed by atoms with Crippen molar-refractivity contribution in [3.05, 3.63) is 41.2 Å². The second kappa shape index (κ2) is 4.75. The van der Waals surface area contributed by atoms with Gasteiger partial charge in [0.2, 0.25) is 0 Å². The van der Waals surface area contributed by atoms with Crippen molar-refractivity contribution < 1.29 is 0 Å². The molecule has 4 heteroatoms. The molecule has 4 nitrogen and oxygen atoms in total. The quantitative estimate of drug-likeness (QED) is 0.870. The van der Waals surface area contributed by atoms with Gasteiger partial charge in [-0.15, -0.1) is 0 Å². The molecular formula is C13H20N4. The van der Waals surface area contributed by atoms with Crippen LogP contribution in [0.5, 0.6) is 0 Å². The minimum Gasteiger partial charge on any atom is -0.352 e. The van der Waals surface area contributed by atoms with E-state index in [0.717, 1.165) is 18.9 Å². The molecule has 2 aromatic rings. The van der Waals surface area contributed by atoms with E-state index in [4.69, 9.17) is 0 Å². The molecule has 0 atom stereocenters. The predicted octanol–water partition coefficient (Wildman–Crippen LogP) is 1.67. The minimum atomic E-state index is 0.802. The van der Waals surface area contributed by atoms with E-state index in [2.05, 4.69) is 41.8 Å². The van der Waals surface area contributed by atoms with Crippen LogP contribution in [0.25, 0.3) is 0 Å². The molecular weight excluding hydrogens is 212 g/mol. The smallest absolute Gasteiger partial charge is 0.122 e. The summed E-state index contributed by atoms with van der Waals surface area (Å²) < 4.78 is 4.26. The summed E-state index contributed by atoms with van der Waals surface area (Å²) in [4.78, 5) is 4.29. The van der Waals surface area contributed by atoms with Gasteiger partial charge in [-0.25, -0.2) is 4.98 Å². The van der Waals surface area contributed by atoms with Crippen LogP contribution in [0.2, 0.25) is 0 Å². The summed E-state index contributed by atoms with van der Waals surface area (Å²) in [6.45, 7) is 5.98. The summed E-state index contributed by atoms with van der Waals surface area (Å²) in [5.41, 5.74) is 3.99. The molecule has 92 valence electrons. The lowest BCUT2D eigenvalue weighted by molar-refractivity contribution is 0.636. The van der Waals surface area contributed by atoms with Crippen LogP contribution in [0, 0.1) is 13.8 Å². The molecule has 0 spiro atoms. The Balaban J connectivity index is 1.95. The summed E-state index contributed by atoms with van der Waals surface area (Å²) in [6, 6.07) is 2.24. The van der Waals surface area contributed by atoms with Crippen LogP contribution >= 0.6 is 0 Å². The average Bonchev–Trinajstić information content (AvgIpc) is 2.80. The summed E-state index contributed by atoms with van der Waals surface area (Å²) in [5, 5.41) is 3.43. The first-order valence-corrected chi connectivity index (χ1v) is 5.88. The number of aryl methyl sites for hydroxylation is 2. The van der Waals surface area contributed by atoms with Gasteiger partial charge in [-0.05, 0) is 25.5 Å². The molecule has 0 aliphatic rings. The normalized spacial score (nSPS) is 11.1. The molecule has 17 heavy (non-hydrogen) atoms. The molecule has 0 amide bonds. The number of rotatable bonds is 4. The van der Waals surface area contributed by atoms with Crippen molar-refractivity contribution in [3.63, 3.8) is 0 Å².